The smallest absolute Gasteiger partial charge is 0.114 e. The van der Waals surface area contributed by atoms with E-state index in [0.29, 0.717) is 6.61 Å². The summed E-state index contributed by atoms with van der Waals surface area (Å²) in [5.74, 6) is 2.34. The Morgan fingerprint density at radius 3 is 2.67 bits per heavy atom. The SMILES string of the molecule is C#CCC(O)C(OCCCC)C(O)C=C. The van der Waals surface area contributed by atoms with Crippen molar-refractivity contribution in [2.45, 2.75) is 44.5 Å². The van der Waals surface area contributed by atoms with Crippen LogP contribution in [-0.4, -0.2) is 35.1 Å². The third-order valence-corrected chi connectivity index (χ3v) is 2.09. The quantitative estimate of drug-likeness (QED) is 0.360. The molecular weight excluding hydrogens is 192 g/mol. The van der Waals surface area contributed by atoms with Crippen molar-refractivity contribution in [1.82, 2.24) is 0 Å². The number of rotatable bonds is 8. The molecule has 0 bridgehead atoms. The number of terminal acetylenes is 1. The van der Waals surface area contributed by atoms with Gasteiger partial charge in [-0.05, 0) is 6.42 Å². The molecule has 0 spiro atoms. The highest BCUT2D eigenvalue weighted by atomic mass is 16.5. The molecule has 2 N–H and O–H groups in total. The molecule has 0 saturated carbocycles. The maximum atomic E-state index is 9.63. The van der Waals surface area contributed by atoms with Crippen LogP contribution in [0.2, 0.25) is 0 Å². The molecule has 0 amide bonds. The van der Waals surface area contributed by atoms with E-state index < -0.39 is 18.3 Å². The lowest BCUT2D eigenvalue weighted by molar-refractivity contribution is -0.0839. The number of ether oxygens (including phenoxy) is 1. The molecule has 0 saturated heterocycles. The highest BCUT2D eigenvalue weighted by molar-refractivity contribution is 4.95. The van der Waals surface area contributed by atoms with Crippen LogP contribution < -0.4 is 0 Å². The normalized spacial score (nSPS) is 16.4. The van der Waals surface area contributed by atoms with Gasteiger partial charge in [-0.15, -0.1) is 18.9 Å². The Bertz CT molecular complexity index is 207. The Kier molecular flexibility index (Phi) is 8.02. The average molecular weight is 212 g/mol. The Hall–Kier alpha value is -0.820. The molecule has 0 rings (SSSR count). The number of aliphatic hydroxyl groups is 2. The van der Waals surface area contributed by atoms with Crippen molar-refractivity contribution >= 4 is 0 Å². The van der Waals surface area contributed by atoms with Gasteiger partial charge < -0.3 is 14.9 Å². The summed E-state index contributed by atoms with van der Waals surface area (Å²) in [7, 11) is 0. The van der Waals surface area contributed by atoms with Gasteiger partial charge in [-0.25, -0.2) is 0 Å². The van der Waals surface area contributed by atoms with Crippen molar-refractivity contribution in [1.29, 1.82) is 0 Å². The molecule has 3 nitrogen and oxygen atoms in total. The first kappa shape index (κ1) is 14.2. The monoisotopic (exact) mass is 212 g/mol. The minimum Gasteiger partial charge on any atom is -0.389 e. The van der Waals surface area contributed by atoms with Gasteiger partial charge in [-0.2, -0.15) is 0 Å². The molecule has 0 aromatic rings. The molecule has 15 heavy (non-hydrogen) atoms. The first-order valence-corrected chi connectivity index (χ1v) is 5.21. The zero-order valence-electron chi connectivity index (χ0n) is 9.22. The summed E-state index contributed by atoms with van der Waals surface area (Å²) in [5, 5.41) is 19.2. The van der Waals surface area contributed by atoms with Gasteiger partial charge in [0.05, 0.1) is 6.10 Å². The van der Waals surface area contributed by atoms with Crippen LogP contribution in [0.15, 0.2) is 12.7 Å². The Morgan fingerprint density at radius 1 is 1.53 bits per heavy atom. The van der Waals surface area contributed by atoms with Gasteiger partial charge in [0.1, 0.15) is 12.2 Å². The summed E-state index contributed by atoms with van der Waals surface area (Å²) < 4.78 is 5.38. The van der Waals surface area contributed by atoms with Gasteiger partial charge in [0.2, 0.25) is 0 Å². The van der Waals surface area contributed by atoms with Crippen LogP contribution in [0.25, 0.3) is 0 Å². The van der Waals surface area contributed by atoms with E-state index in [1.807, 2.05) is 6.92 Å². The van der Waals surface area contributed by atoms with Crippen molar-refractivity contribution in [2.75, 3.05) is 6.61 Å². The molecular formula is C12H20O3. The van der Waals surface area contributed by atoms with Gasteiger partial charge >= 0.3 is 0 Å². The van der Waals surface area contributed by atoms with Gasteiger partial charge in [0, 0.05) is 13.0 Å². The second-order valence-electron chi connectivity index (χ2n) is 3.39. The molecule has 3 atom stereocenters. The summed E-state index contributed by atoms with van der Waals surface area (Å²) >= 11 is 0. The first-order chi connectivity index (χ1) is 7.17. The molecule has 0 aromatic heterocycles. The topological polar surface area (TPSA) is 49.7 Å². The number of hydrogen-bond acceptors (Lipinski definition) is 3. The van der Waals surface area contributed by atoms with Crippen LogP contribution >= 0.6 is 0 Å². The Labute approximate surface area is 91.8 Å². The fourth-order valence-electron chi connectivity index (χ4n) is 1.17. The van der Waals surface area contributed by atoms with Crippen LogP contribution in [0.5, 0.6) is 0 Å². The molecule has 0 aromatic carbocycles. The summed E-state index contributed by atoms with van der Waals surface area (Å²) in [6.45, 7) is 6.01. The van der Waals surface area contributed by atoms with Crippen LogP contribution in [-0.2, 0) is 4.74 Å². The molecule has 86 valence electrons. The van der Waals surface area contributed by atoms with Crippen LogP contribution in [0, 0.1) is 12.3 Å². The maximum absolute atomic E-state index is 9.63. The van der Waals surface area contributed by atoms with Crippen molar-refractivity contribution in [3.05, 3.63) is 12.7 Å². The van der Waals surface area contributed by atoms with E-state index >= 15 is 0 Å². The van der Waals surface area contributed by atoms with E-state index in [9.17, 15) is 10.2 Å². The summed E-state index contributed by atoms with van der Waals surface area (Å²) in [6.07, 6.45) is 6.09. The fourth-order valence-corrected chi connectivity index (χ4v) is 1.17. The largest absolute Gasteiger partial charge is 0.389 e. The summed E-state index contributed by atoms with van der Waals surface area (Å²) in [5.41, 5.74) is 0. The molecule has 3 unspecified atom stereocenters. The molecule has 0 aliphatic rings. The zero-order chi connectivity index (χ0) is 11.7. The lowest BCUT2D eigenvalue weighted by Crippen LogP contribution is -2.38. The lowest BCUT2D eigenvalue weighted by Gasteiger charge is -2.24. The van der Waals surface area contributed by atoms with Crippen molar-refractivity contribution in [2.24, 2.45) is 0 Å². The maximum Gasteiger partial charge on any atom is 0.114 e. The first-order valence-electron chi connectivity index (χ1n) is 5.21. The number of hydrogen-bond donors (Lipinski definition) is 2. The van der Waals surface area contributed by atoms with E-state index in [1.54, 1.807) is 0 Å². The molecule has 0 fully saturated rings. The van der Waals surface area contributed by atoms with Crippen LogP contribution in [0.3, 0.4) is 0 Å². The van der Waals surface area contributed by atoms with Crippen molar-refractivity contribution in [3.8, 4) is 12.3 Å². The number of aliphatic hydroxyl groups excluding tert-OH is 2. The van der Waals surface area contributed by atoms with Crippen molar-refractivity contribution in [3.63, 3.8) is 0 Å². The Balaban J connectivity index is 4.18. The standard InChI is InChI=1S/C12H20O3/c1-4-7-9-15-12(10(13)6-3)11(14)8-5-2/h2,6,10-14H,3-4,7-9H2,1H3. The van der Waals surface area contributed by atoms with Crippen molar-refractivity contribution < 1.29 is 14.9 Å². The van der Waals surface area contributed by atoms with Crippen LogP contribution in [0.1, 0.15) is 26.2 Å². The molecule has 0 aliphatic carbocycles. The minimum atomic E-state index is -0.884. The van der Waals surface area contributed by atoms with Gasteiger partial charge in [-0.3, -0.25) is 0 Å². The molecule has 0 heterocycles. The fraction of sp³-hybridized carbons (Fsp3) is 0.667. The predicted molar refractivity (Wildman–Crippen MR) is 60.3 cm³/mol. The average Bonchev–Trinajstić information content (AvgIpc) is 2.23. The third-order valence-electron chi connectivity index (χ3n) is 2.09. The minimum absolute atomic E-state index is 0.168. The van der Waals surface area contributed by atoms with E-state index in [1.165, 1.54) is 6.08 Å². The highest BCUT2D eigenvalue weighted by Crippen LogP contribution is 2.10. The van der Waals surface area contributed by atoms with E-state index in [2.05, 4.69) is 12.5 Å². The van der Waals surface area contributed by atoms with E-state index in [4.69, 9.17) is 11.2 Å². The predicted octanol–water partition coefficient (Wildman–Crippen LogP) is 1.10. The zero-order valence-corrected chi connectivity index (χ0v) is 9.22. The second kappa shape index (κ2) is 8.49. The summed E-state index contributed by atoms with van der Waals surface area (Å²) in [4.78, 5) is 0. The Morgan fingerprint density at radius 2 is 2.20 bits per heavy atom. The molecule has 3 heteroatoms. The molecule has 0 aliphatic heterocycles. The van der Waals surface area contributed by atoms with E-state index in [-0.39, 0.29) is 6.42 Å². The molecule has 0 radical (unpaired) electrons. The van der Waals surface area contributed by atoms with Crippen LogP contribution in [0.4, 0.5) is 0 Å². The van der Waals surface area contributed by atoms with Gasteiger partial charge in [-0.1, -0.05) is 19.4 Å². The van der Waals surface area contributed by atoms with E-state index in [0.717, 1.165) is 12.8 Å². The van der Waals surface area contributed by atoms with Gasteiger partial charge in [0.25, 0.3) is 0 Å². The highest BCUT2D eigenvalue weighted by Gasteiger charge is 2.24. The number of unbranched alkanes of at least 4 members (excludes halogenated alkanes) is 1. The van der Waals surface area contributed by atoms with Gasteiger partial charge in [0.15, 0.2) is 0 Å². The lowest BCUT2D eigenvalue weighted by atomic mass is 10.1. The summed E-state index contributed by atoms with van der Waals surface area (Å²) in [6, 6.07) is 0. The third kappa shape index (κ3) is 5.58. The second-order valence-corrected chi connectivity index (χ2v) is 3.39.